The number of nitrogens with zero attached hydrogens (tertiary/aromatic N) is 2. The van der Waals surface area contributed by atoms with E-state index in [1.165, 1.54) is 6.20 Å². The summed E-state index contributed by atoms with van der Waals surface area (Å²) in [6, 6.07) is 1.58. The fourth-order valence-electron chi connectivity index (χ4n) is 0.652. The van der Waals surface area contributed by atoms with Crippen LogP contribution < -0.4 is 4.30 Å². The van der Waals surface area contributed by atoms with Crippen molar-refractivity contribution in [3.63, 3.8) is 0 Å². The molecule has 12 heavy (non-hydrogen) atoms. The van der Waals surface area contributed by atoms with Crippen molar-refractivity contribution in [3.05, 3.63) is 18.0 Å². The summed E-state index contributed by atoms with van der Waals surface area (Å²) in [5, 5.41) is 0.278. The van der Waals surface area contributed by atoms with Crippen LogP contribution in [-0.4, -0.2) is 37.6 Å². The van der Waals surface area contributed by atoms with E-state index in [1.54, 1.807) is 6.07 Å². The number of carbonyl (C=O) groups is 1. The highest BCUT2D eigenvalue weighted by atomic mass is 79.9. The molecule has 6 heteroatoms. The van der Waals surface area contributed by atoms with E-state index in [4.69, 9.17) is 0 Å². The van der Waals surface area contributed by atoms with Crippen LogP contribution in [0.15, 0.2) is 12.3 Å². The maximum Gasteiger partial charge on any atom is 0.310 e. The van der Waals surface area contributed by atoms with E-state index in [2.05, 4.69) is 46.7 Å². The van der Waals surface area contributed by atoms with Crippen molar-refractivity contribution in [2.45, 2.75) is 0 Å². The lowest BCUT2D eigenvalue weighted by Crippen LogP contribution is -2.06. The number of ketones is 1. The van der Waals surface area contributed by atoms with Crippen molar-refractivity contribution in [2.24, 2.45) is 0 Å². The number of Topliss-reactive ketones (excluding diaryl/α,β-unsaturated/α-hetero) is 1. The van der Waals surface area contributed by atoms with Crippen LogP contribution >= 0.6 is 15.9 Å². The Kier molecular flexibility index (Phi) is 3.66. The van der Waals surface area contributed by atoms with Gasteiger partial charge in [0.25, 0.3) is 0 Å². The summed E-state index contributed by atoms with van der Waals surface area (Å²) in [5.74, 6) is 0.366. The number of hydrogen-bond acceptors (Lipinski definition) is 4. The molecule has 0 aromatic carbocycles. The van der Waals surface area contributed by atoms with E-state index >= 15 is 0 Å². The van der Waals surface area contributed by atoms with Gasteiger partial charge in [0.2, 0.25) is 0 Å². The van der Waals surface area contributed by atoms with Crippen molar-refractivity contribution < 1.29 is 4.79 Å². The second kappa shape index (κ2) is 4.55. The average Bonchev–Trinajstić information content (AvgIpc) is 2.17. The molecule has 1 aromatic heterocycles. The molecule has 4 nitrogen and oxygen atoms in total. The molecule has 0 aliphatic heterocycles. The molecule has 0 aliphatic rings. The minimum Gasteiger partial charge on any atom is -0.462 e. The molecule has 1 rings (SSSR count). The van der Waals surface area contributed by atoms with Gasteiger partial charge in [0.15, 0.2) is 11.7 Å². The summed E-state index contributed by atoms with van der Waals surface area (Å²) in [6.07, 6.45) is 1.54. The molecule has 0 fully saturated rings. The smallest absolute Gasteiger partial charge is 0.310 e. The predicted octanol–water partition coefficient (Wildman–Crippen LogP) is 0.550. The largest absolute Gasteiger partial charge is 0.462 e. The van der Waals surface area contributed by atoms with E-state index in [0.717, 1.165) is 0 Å². The highest BCUT2D eigenvalue weighted by Crippen LogP contribution is 2.01. The summed E-state index contributed by atoms with van der Waals surface area (Å²) in [5.41, 5.74) is 0.409. The fourth-order valence-corrected chi connectivity index (χ4v) is 1.08. The monoisotopic (exact) mass is 241 g/mol. The maximum atomic E-state index is 11.1. The molecule has 0 amide bonds. The maximum absolute atomic E-state index is 11.1. The lowest BCUT2D eigenvalue weighted by molar-refractivity contribution is 0.101. The number of hydrogen-bond donors (Lipinski definition) is 1. The summed E-state index contributed by atoms with van der Waals surface area (Å²) >= 11 is 5.33. The Morgan fingerprint density at radius 1 is 1.75 bits per heavy atom. The number of anilines is 1. The number of nitrogens with one attached hydrogen (secondary N) is 1. The lowest BCUT2D eigenvalue weighted by Gasteiger charge is -2.00. The van der Waals surface area contributed by atoms with Gasteiger partial charge in [-0.1, -0.05) is 15.9 Å². The molecule has 0 atom stereocenters. The first kappa shape index (κ1) is 9.65. The molecule has 0 bridgehead atoms. The van der Waals surface area contributed by atoms with Crippen LogP contribution in [0.25, 0.3) is 0 Å². The first-order valence-electron chi connectivity index (χ1n) is 3.16. The molecule has 1 heterocycles. The Morgan fingerprint density at radius 3 is 3.08 bits per heavy atom. The predicted molar refractivity (Wildman–Crippen MR) is 49.5 cm³/mol. The summed E-state index contributed by atoms with van der Waals surface area (Å²) < 4.78 is 2.67. The molecule has 60 valence electrons. The summed E-state index contributed by atoms with van der Waals surface area (Å²) in [7, 11) is 0. The fraction of sp³-hybridized carbons (Fsp3) is 0.167. The average molecular weight is 242 g/mol. The molecular weight excluding hydrogens is 237 g/mol. The third kappa shape index (κ3) is 2.27. The van der Waals surface area contributed by atoms with Gasteiger partial charge in [-0.15, -0.1) is 0 Å². The highest BCUT2D eigenvalue weighted by molar-refractivity contribution is 9.09. The molecule has 0 unspecified atom stereocenters. The van der Waals surface area contributed by atoms with Crippen LogP contribution in [0, 0.1) is 0 Å². The van der Waals surface area contributed by atoms with Gasteiger partial charge < -0.3 is 4.30 Å². The second-order valence-corrected chi connectivity index (χ2v) is 2.82. The Morgan fingerprint density at radius 2 is 2.50 bits per heavy atom. The first-order valence-corrected chi connectivity index (χ1v) is 4.86. The van der Waals surface area contributed by atoms with Crippen LogP contribution in [0.5, 0.6) is 0 Å². The van der Waals surface area contributed by atoms with E-state index in [9.17, 15) is 4.79 Å². The van der Waals surface area contributed by atoms with E-state index in [-0.39, 0.29) is 11.1 Å². The van der Waals surface area contributed by atoms with Gasteiger partial charge in [-0.2, -0.15) is 0 Å². The Balaban J connectivity index is 2.93. The van der Waals surface area contributed by atoms with Crippen LogP contribution in [-0.2, 0) is 0 Å². The van der Waals surface area contributed by atoms with E-state index in [1.807, 2.05) is 0 Å². The molecule has 2 radical (unpaired) electrons. The molecule has 1 aromatic rings. The van der Waals surface area contributed by atoms with E-state index < -0.39 is 0 Å². The zero-order valence-electron chi connectivity index (χ0n) is 6.12. The third-order valence-corrected chi connectivity index (χ3v) is 1.96. The zero-order chi connectivity index (χ0) is 8.97. The minimum absolute atomic E-state index is 0.0566. The number of aromatic nitrogens is 2. The van der Waals surface area contributed by atoms with Crippen molar-refractivity contribution >= 4 is 44.2 Å². The number of carbonyl (C=O) groups excluding carboxylic acids is 1. The number of rotatable bonds is 3. The Hall–Kier alpha value is -0.438. The van der Waals surface area contributed by atoms with E-state index in [0.29, 0.717) is 11.6 Å². The SMILES string of the molecule is O=C(CBr)c1ccnc([NH][Al])n1. The highest BCUT2D eigenvalue weighted by Gasteiger charge is 2.05. The normalized spacial score (nSPS) is 9.42. The van der Waals surface area contributed by atoms with Crippen molar-refractivity contribution in [1.29, 1.82) is 0 Å². The molecular formula is C6H5AlBrN3O. The van der Waals surface area contributed by atoms with Crippen LogP contribution in [0.4, 0.5) is 5.95 Å². The summed E-state index contributed by atoms with van der Waals surface area (Å²) in [4.78, 5) is 18.9. The molecule has 0 spiro atoms. The standard InChI is InChI=1S/C6H5BrN3O.Al/c7-3-5(11)4-1-2-9-6(8)10-4;/h1-2H,3H2,(H-,8,9,10);/q-1;+1. The van der Waals surface area contributed by atoms with Gasteiger partial charge in [0, 0.05) is 6.20 Å². The Labute approximate surface area is 86.6 Å². The van der Waals surface area contributed by atoms with Gasteiger partial charge in [-0.25, -0.2) is 9.97 Å². The number of alkyl halides is 1. The zero-order valence-corrected chi connectivity index (χ0v) is 8.86. The van der Waals surface area contributed by atoms with Crippen LogP contribution in [0.2, 0.25) is 0 Å². The van der Waals surface area contributed by atoms with Gasteiger partial charge in [0.05, 0.1) is 5.33 Å². The lowest BCUT2D eigenvalue weighted by atomic mass is 10.3. The molecule has 0 saturated heterocycles. The van der Waals surface area contributed by atoms with Crippen LogP contribution in [0.3, 0.4) is 0 Å². The van der Waals surface area contributed by atoms with Gasteiger partial charge in [-0.05, 0) is 6.07 Å². The summed E-state index contributed by atoms with van der Waals surface area (Å²) in [6.45, 7) is 0. The van der Waals surface area contributed by atoms with Crippen molar-refractivity contribution in [2.75, 3.05) is 9.63 Å². The number of halogens is 1. The first-order chi connectivity index (χ1) is 5.77. The minimum atomic E-state index is -0.0566. The second-order valence-electron chi connectivity index (χ2n) is 1.97. The van der Waals surface area contributed by atoms with Gasteiger partial charge in [-0.3, -0.25) is 4.79 Å². The Bertz CT molecular complexity index is 294. The van der Waals surface area contributed by atoms with Gasteiger partial charge in [0.1, 0.15) is 5.69 Å². The van der Waals surface area contributed by atoms with Crippen molar-refractivity contribution in [1.82, 2.24) is 9.97 Å². The molecule has 0 saturated carbocycles. The topological polar surface area (TPSA) is 54.9 Å². The molecule has 1 N–H and O–H groups in total. The van der Waals surface area contributed by atoms with Crippen molar-refractivity contribution in [3.8, 4) is 0 Å². The van der Waals surface area contributed by atoms with Gasteiger partial charge >= 0.3 is 16.5 Å². The third-order valence-electron chi connectivity index (χ3n) is 1.19. The van der Waals surface area contributed by atoms with Crippen LogP contribution in [0.1, 0.15) is 10.5 Å². The molecule has 0 aliphatic carbocycles. The quantitative estimate of drug-likeness (QED) is 0.477.